The summed E-state index contributed by atoms with van der Waals surface area (Å²) in [6, 6.07) is 20.1. The molecule has 0 radical (unpaired) electrons. The molecule has 0 aliphatic rings. The molecule has 0 amide bonds. The lowest BCUT2D eigenvalue weighted by Crippen LogP contribution is -2.37. The Kier molecular flexibility index (Phi) is 4.43. The predicted octanol–water partition coefficient (Wildman–Crippen LogP) is 2.91. The van der Waals surface area contributed by atoms with Crippen LogP contribution in [-0.4, -0.2) is 23.1 Å². The summed E-state index contributed by atoms with van der Waals surface area (Å²) < 4.78 is 6.37. The van der Waals surface area contributed by atoms with Gasteiger partial charge in [-0.1, -0.05) is 66.7 Å². The van der Waals surface area contributed by atoms with Crippen LogP contribution in [-0.2, 0) is 20.6 Å². The third-order valence-electron chi connectivity index (χ3n) is 5.52. The molecule has 2 aromatic carbocycles. The van der Waals surface area contributed by atoms with Crippen molar-refractivity contribution in [1.82, 2.24) is 23.1 Å². The normalized spacial score (nSPS) is 11.8. The zero-order valence-electron chi connectivity index (χ0n) is 17.3. The van der Waals surface area contributed by atoms with Crippen LogP contribution in [0.2, 0.25) is 0 Å². The maximum Gasteiger partial charge on any atom is 0.332 e. The largest absolute Gasteiger partial charge is 0.332 e. The summed E-state index contributed by atoms with van der Waals surface area (Å²) in [5.74, 6) is 0.616. The van der Waals surface area contributed by atoms with Crippen molar-refractivity contribution in [3.8, 4) is 0 Å². The first-order valence-electron chi connectivity index (χ1n) is 9.99. The van der Waals surface area contributed by atoms with Crippen LogP contribution >= 0.6 is 0 Å². The first-order valence-corrected chi connectivity index (χ1v) is 9.99. The van der Waals surface area contributed by atoms with Crippen LogP contribution in [0.25, 0.3) is 29.1 Å². The summed E-state index contributed by atoms with van der Waals surface area (Å²) in [5.41, 5.74) is 3.12. The van der Waals surface area contributed by atoms with E-state index in [2.05, 4.69) is 16.7 Å². The molecule has 0 bridgehead atoms. The average Bonchev–Trinajstić information content (AvgIpc) is 3.33. The average molecular weight is 411 g/mol. The quantitative estimate of drug-likeness (QED) is 0.457. The van der Waals surface area contributed by atoms with Gasteiger partial charge in [-0.25, -0.2) is 4.79 Å². The van der Waals surface area contributed by atoms with E-state index in [1.165, 1.54) is 11.6 Å². The molecular weight excluding hydrogens is 390 g/mol. The molecule has 0 aliphatic carbocycles. The molecule has 7 heteroatoms. The fourth-order valence-electron chi connectivity index (χ4n) is 3.84. The van der Waals surface area contributed by atoms with Crippen LogP contribution in [0.5, 0.6) is 0 Å². The van der Waals surface area contributed by atoms with Gasteiger partial charge in [-0.05, 0) is 17.2 Å². The van der Waals surface area contributed by atoms with Gasteiger partial charge in [0, 0.05) is 20.3 Å². The minimum atomic E-state index is -0.392. The predicted molar refractivity (Wildman–Crippen MR) is 122 cm³/mol. The van der Waals surface area contributed by atoms with Crippen molar-refractivity contribution < 1.29 is 0 Å². The van der Waals surface area contributed by atoms with Gasteiger partial charge in [0.1, 0.15) is 0 Å². The van der Waals surface area contributed by atoms with Gasteiger partial charge in [-0.15, -0.1) is 0 Å². The molecular formula is C24H21N5O2. The van der Waals surface area contributed by atoms with Gasteiger partial charge in [0.15, 0.2) is 11.2 Å². The summed E-state index contributed by atoms with van der Waals surface area (Å²) in [6.07, 6.45) is 5.95. The summed E-state index contributed by atoms with van der Waals surface area (Å²) in [5, 5.41) is 0. The zero-order chi connectivity index (χ0) is 21.5. The molecule has 0 atom stereocenters. The van der Waals surface area contributed by atoms with Gasteiger partial charge in [0.25, 0.3) is 5.56 Å². The fraction of sp³-hybridized carbons (Fsp3) is 0.125. The molecule has 7 nitrogen and oxygen atoms in total. The zero-order valence-corrected chi connectivity index (χ0v) is 17.3. The maximum absolute atomic E-state index is 12.9. The Hall–Kier alpha value is -4.13. The molecule has 0 unspecified atom stereocenters. The van der Waals surface area contributed by atoms with Crippen LogP contribution in [0.15, 0.2) is 76.4 Å². The lowest BCUT2D eigenvalue weighted by atomic mass is 10.2. The third-order valence-corrected chi connectivity index (χ3v) is 5.52. The van der Waals surface area contributed by atoms with Gasteiger partial charge < -0.3 is 4.57 Å². The third kappa shape index (κ3) is 3.11. The molecule has 0 saturated heterocycles. The van der Waals surface area contributed by atoms with Crippen molar-refractivity contribution in [1.29, 1.82) is 0 Å². The van der Waals surface area contributed by atoms with Crippen molar-refractivity contribution in [3.05, 3.63) is 105 Å². The van der Waals surface area contributed by atoms with Crippen molar-refractivity contribution >= 4 is 29.1 Å². The van der Waals surface area contributed by atoms with Gasteiger partial charge >= 0.3 is 5.69 Å². The molecule has 154 valence electrons. The van der Waals surface area contributed by atoms with Crippen LogP contribution in [0.4, 0.5) is 0 Å². The standard InChI is InChI=1S/C24H21N5O2/c1-26-21-20(22(30)27(2)24(26)31)29-16-19(14-13-17-9-5-3-6-10-17)28(23(29)25-21)15-18-11-7-4-8-12-18/h3-14,16H,15H2,1-2H3/b14-13-. The monoisotopic (exact) mass is 411 g/mol. The molecule has 3 heterocycles. The van der Waals surface area contributed by atoms with Crippen LogP contribution < -0.4 is 11.2 Å². The smallest absolute Gasteiger partial charge is 0.306 e. The number of aryl methyl sites for hydroxylation is 1. The highest BCUT2D eigenvalue weighted by Gasteiger charge is 2.19. The van der Waals surface area contributed by atoms with Crippen LogP contribution in [0, 0.1) is 0 Å². The second kappa shape index (κ2) is 7.28. The topological polar surface area (TPSA) is 66.2 Å². The van der Waals surface area contributed by atoms with E-state index in [0.717, 1.165) is 21.4 Å². The number of benzene rings is 2. The highest BCUT2D eigenvalue weighted by Crippen LogP contribution is 2.20. The van der Waals surface area contributed by atoms with Gasteiger partial charge in [-0.3, -0.25) is 18.3 Å². The summed E-state index contributed by atoms with van der Waals surface area (Å²) >= 11 is 0. The van der Waals surface area contributed by atoms with E-state index in [0.29, 0.717) is 23.5 Å². The second-order valence-electron chi connectivity index (χ2n) is 7.53. The van der Waals surface area contributed by atoms with E-state index in [9.17, 15) is 9.59 Å². The van der Waals surface area contributed by atoms with E-state index >= 15 is 0 Å². The van der Waals surface area contributed by atoms with E-state index in [-0.39, 0.29) is 5.56 Å². The summed E-state index contributed by atoms with van der Waals surface area (Å²) in [6.45, 7) is 0.587. The number of aromatic nitrogens is 5. The number of hydrogen-bond donors (Lipinski definition) is 0. The van der Waals surface area contributed by atoms with Crippen molar-refractivity contribution in [2.24, 2.45) is 14.1 Å². The first kappa shape index (κ1) is 18.9. The SMILES string of the molecule is Cn1c(=O)c2c(nc3n(Cc4ccccc4)c(/C=C\c4ccccc4)cn23)n(C)c1=O. The Bertz CT molecular complexity index is 1550. The minimum Gasteiger partial charge on any atom is -0.306 e. The Labute approximate surface area is 177 Å². The second-order valence-corrected chi connectivity index (χ2v) is 7.53. The summed E-state index contributed by atoms with van der Waals surface area (Å²) in [4.78, 5) is 30.0. The lowest BCUT2D eigenvalue weighted by Gasteiger charge is -2.06. The molecule has 5 rings (SSSR count). The molecule has 5 aromatic rings. The summed E-state index contributed by atoms with van der Waals surface area (Å²) in [7, 11) is 3.12. The molecule has 0 N–H and O–H groups in total. The number of fused-ring (bicyclic) bond motifs is 3. The number of imidazole rings is 2. The van der Waals surface area contributed by atoms with E-state index in [4.69, 9.17) is 4.98 Å². The van der Waals surface area contributed by atoms with Gasteiger partial charge in [-0.2, -0.15) is 4.98 Å². The van der Waals surface area contributed by atoms with E-state index in [1.54, 1.807) is 11.4 Å². The molecule has 31 heavy (non-hydrogen) atoms. The Morgan fingerprint density at radius 2 is 1.55 bits per heavy atom. The van der Waals surface area contributed by atoms with Gasteiger partial charge in [0.05, 0.1) is 12.2 Å². The van der Waals surface area contributed by atoms with Crippen LogP contribution in [0.3, 0.4) is 0 Å². The minimum absolute atomic E-state index is 0.360. The molecule has 0 saturated carbocycles. The molecule has 0 aliphatic heterocycles. The maximum atomic E-state index is 12.9. The number of nitrogens with zero attached hydrogens (tertiary/aromatic N) is 5. The van der Waals surface area contributed by atoms with Crippen molar-refractivity contribution in [2.45, 2.75) is 6.54 Å². The molecule has 0 fully saturated rings. The van der Waals surface area contributed by atoms with E-state index in [1.807, 2.05) is 66.9 Å². The number of rotatable bonds is 4. The molecule has 0 spiro atoms. The Morgan fingerprint density at radius 3 is 2.26 bits per heavy atom. The Morgan fingerprint density at radius 1 is 0.871 bits per heavy atom. The number of hydrogen-bond acceptors (Lipinski definition) is 3. The molecule has 3 aromatic heterocycles. The highest BCUT2D eigenvalue weighted by molar-refractivity contribution is 5.78. The lowest BCUT2D eigenvalue weighted by molar-refractivity contribution is 0.707. The van der Waals surface area contributed by atoms with Crippen molar-refractivity contribution in [2.75, 3.05) is 0 Å². The van der Waals surface area contributed by atoms with E-state index < -0.39 is 5.69 Å². The van der Waals surface area contributed by atoms with Crippen molar-refractivity contribution in [3.63, 3.8) is 0 Å². The van der Waals surface area contributed by atoms with Crippen LogP contribution in [0.1, 0.15) is 16.8 Å². The highest BCUT2D eigenvalue weighted by atomic mass is 16.2. The first-order chi connectivity index (χ1) is 15.0. The fourth-order valence-corrected chi connectivity index (χ4v) is 3.84. The Balaban J connectivity index is 1.77. The van der Waals surface area contributed by atoms with Gasteiger partial charge in [0.2, 0.25) is 5.78 Å².